The van der Waals surface area contributed by atoms with E-state index in [1.807, 2.05) is 31.2 Å². The first-order chi connectivity index (χ1) is 19.2. The van der Waals surface area contributed by atoms with Crippen LogP contribution in [0.5, 0.6) is 5.75 Å². The van der Waals surface area contributed by atoms with Crippen LogP contribution in [0.4, 0.5) is 28.8 Å². The summed E-state index contributed by atoms with van der Waals surface area (Å²) in [5.74, 6) is 1.71. The van der Waals surface area contributed by atoms with E-state index >= 15 is 0 Å². The normalized spacial score (nSPS) is 13.7. The van der Waals surface area contributed by atoms with Gasteiger partial charge in [-0.2, -0.15) is 4.98 Å². The molecule has 0 bridgehead atoms. The number of rotatable bonds is 8. The molecule has 2 aromatic carbocycles. The highest BCUT2D eigenvalue weighted by atomic mass is 79.9. The lowest BCUT2D eigenvalue weighted by atomic mass is 10.1. The molecule has 1 aliphatic rings. The summed E-state index contributed by atoms with van der Waals surface area (Å²) >= 11 is 3.55. The summed E-state index contributed by atoms with van der Waals surface area (Å²) < 4.78 is 25.2. The molecule has 0 radical (unpaired) electrons. The molecule has 12 heteroatoms. The van der Waals surface area contributed by atoms with Crippen molar-refractivity contribution in [3.63, 3.8) is 0 Å². The molecule has 10 nitrogen and oxygen atoms in total. The number of nitrogens with zero attached hydrogens (tertiary/aromatic N) is 5. The lowest BCUT2D eigenvalue weighted by molar-refractivity contribution is 0.122. The van der Waals surface area contributed by atoms with Gasteiger partial charge < -0.3 is 29.6 Å². The number of morpholine rings is 1. The van der Waals surface area contributed by atoms with Gasteiger partial charge in [-0.25, -0.2) is 4.98 Å². The number of hydrogen-bond donors (Lipinski definition) is 2. The molecule has 208 valence electrons. The summed E-state index contributed by atoms with van der Waals surface area (Å²) in [7, 11) is -0.994. The van der Waals surface area contributed by atoms with Gasteiger partial charge in [-0.3, -0.25) is 9.97 Å². The van der Waals surface area contributed by atoms with Crippen LogP contribution in [0.3, 0.4) is 0 Å². The van der Waals surface area contributed by atoms with Gasteiger partial charge in [0.2, 0.25) is 5.95 Å². The minimum atomic E-state index is -2.66. The molecule has 4 aromatic rings. The van der Waals surface area contributed by atoms with Gasteiger partial charge in [0.15, 0.2) is 0 Å². The molecular weight excluding hydrogens is 593 g/mol. The largest absolute Gasteiger partial charge is 0.495 e. The van der Waals surface area contributed by atoms with Crippen LogP contribution in [0.1, 0.15) is 5.56 Å². The third-order valence-electron chi connectivity index (χ3n) is 6.56. The molecule has 0 aliphatic carbocycles. The van der Waals surface area contributed by atoms with Gasteiger partial charge in [0.1, 0.15) is 18.7 Å². The van der Waals surface area contributed by atoms with E-state index in [1.54, 1.807) is 45.2 Å². The zero-order valence-corrected chi connectivity index (χ0v) is 25.3. The number of nitrogens with one attached hydrogen (secondary N) is 2. The molecular formula is C28H31BrN7O3P. The van der Waals surface area contributed by atoms with E-state index in [1.165, 1.54) is 0 Å². The summed E-state index contributed by atoms with van der Waals surface area (Å²) in [6.07, 6.45) is 6.63. The first-order valence-corrected chi connectivity index (χ1v) is 16.2. The number of aryl methyl sites for hydroxylation is 1. The molecule has 2 aromatic heterocycles. The number of ether oxygens (including phenoxy) is 2. The zero-order chi connectivity index (χ0) is 28.3. The first-order valence-electron chi connectivity index (χ1n) is 12.8. The Labute approximate surface area is 242 Å². The Kier molecular flexibility index (Phi) is 8.35. The maximum atomic E-state index is 13.3. The molecule has 0 spiro atoms. The number of halogens is 1. The second-order valence-electron chi connectivity index (χ2n) is 9.75. The van der Waals surface area contributed by atoms with Crippen LogP contribution in [0.15, 0.2) is 59.6 Å². The highest BCUT2D eigenvalue weighted by Crippen LogP contribution is 2.40. The van der Waals surface area contributed by atoms with Gasteiger partial charge in [0.05, 0.1) is 48.1 Å². The Hall–Kier alpha value is -3.53. The van der Waals surface area contributed by atoms with Crippen LogP contribution in [0.2, 0.25) is 0 Å². The van der Waals surface area contributed by atoms with E-state index in [9.17, 15) is 4.57 Å². The van der Waals surface area contributed by atoms with Crippen LogP contribution in [0.25, 0.3) is 11.3 Å². The summed E-state index contributed by atoms with van der Waals surface area (Å²) in [6.45, 7) is 8.55. The van der Waals surface area contributed by atoms with Crippen LogP contribution in [-0.4, -0.2) is 66.7 Å². The average Bonchev–Trinajstić information content (AvgIpc) is 2.96. The molecule has 0 unspecified atom stereocenters. The minimum absolute atomic E-state index is 0.406. The van der Waals surface area contributed by atoms with Gasteiger partial charge >= 0.3 is 0 Å². The van der Waals surface area contributed by atoms with E-state index < -0.39 is 7.14 Å². The van der Waals surface area contributed by atoms with Gasteiger partial charge in [-0.1, -0.05) is 6.07 Å². The van der Waals surface area contributed by atoms with E-state index in [2.05, 4.69) is 52.5 Å². The van der Waals surface area contributed by atoms with Crippen molar-refractivity contribution in [1.82, 2.24) is 19.9 Å². The smallest absolute Gasteiger partial charge is 0.229 e. The molecule has 0 amide bonds. The molecule has 1 fully saturated rings. The summed E-state index contributed by atoms with van der Waals surface area (Å²) in [5, 5.41) is 7.37. The maximum Gasteiger partial charge on any atom is 0.229 e. The van der Waals surface area contributed by atoms with Crippen molar-refractivity contribution in [1.29, 1.82) is 0 Å². The molecule has 5 rings (SSSR count). The lowest BCUT2D eigenvalue weighted by Crippen LogP contribution is -2.36. The summed E-state index contributed by atoms with van der Waals surface area (Å²) in [4.78, 5) is 20.0. The van der Waals surface area contributed by atoms with Crippen molar-refractivity contribution in [2.75, 3.05) is 62.3 Å². The quantitative estimate of drug-likeness (QED) is 0.241. The number of aromatic nitrogens is 4. The van der Waals surface area contributed by atoms with Crippen molar-refractivity contribution in [3.05, 3.63) is 65.2 Å². The van der Waals surface area contributed by atoms with Gasteiger partial charge in [0.25, 0.3) is 0 Å². The SMILES string of the molecule is COc1cc(Nc2ncc(Br)c(Nc3ccc(-c4cnccn4)cc3P(C)(C)=O)n2)c(C)cc1N1CCOCC1. The first kappa shape index (κ1) is 28.0. The Morgan fingerprint density at radius 1 is 1.02 bits per heavy atom. The molecule has 0 atom stereocenters. The predicted molar refractivity (Wildman–Crippen MR) is 164 cm³/mol. The zero-order valence-electron chi connectivity index (χ0n) is 22.8. The van der Waals surface area contributed by atoms with Crippen molar-refractivity contribution < 1.29 is 14.0 Å². The monoisotopic (exact) mass is 623 g/mol. The fourth-order valence-corrected chi connectivity index (χ4v) is 5.93. The number of methoxy groups -OCH3 is 1. The fourth-order valence-electron chi connectivity index (χ4n) is 4.48. The third kappa shape index (κ3) is 6.27. The van der Waals surface area contributed by atoms with Gasteiger partial charge in [-0.05, 0) is 59.9 Å². The molecule has 1 saturated heterocycles. The van der Waals surface area contributed by atoms with E-state index in [0.29, 0.717) is 46.1 Å². The topological polar surface area (TPSA) is 114 Å². The molecule has 1 aliphatic heterocycles. The number of hydrogen-bond acceptors (Lipinski definition) is 10. The standard InChI is InChI=1S/C28H31BrN7O3P/c1-18-13-24(36-9-11-39-12-10-36)25(38-2)15-22(18)34-28-32-16-20(29)27(35-28)33-21-6-5-19(14-26(21)40(3,4)37)23-17-30-7-8-31-23/h5-8,13-17H,9-12H2,1-4H3,(H2,32,33,34,35). The van der Waals surface area contributed by atoms with Crippen LogP contribution < -0.4 is 25.6 Å². The van der Waals surface area contributed by atoms with E-state index in [0.717, 1.165) is 41.3 Å². The molecule has 3 heterocycles. The van der Waals surface area contributed by atoms with Crippen LogP contribution in [0, 0.1) is 6.92 Å². The fraction of sp³-hybridized carbons (Fsp3) is 0.286. The Bertz CT molecular complexity index is 1560. The van der Waals surface area contributed by atoms with Crippen molar-refractivity contribution in [2.45, 2.75) is 6.92 Å². The van der Waals surface area contributed by atoms with Crippen molar-refractivity contribution in [3.8, 4) is 17.0 Å². The highest BCUT2D eigenvalue weighted by molar-refractivity contribution is 9.10. The Morgan fingerprint density at radius 2 is 1.82 bits per heavy atom. The van der Waals surface area contributed by atoms with Crippen molar-refractivity contribution >= 4 is 57.2 Å². The van der Waals surface area contributed by atoms with Crippen LogP contribution >= 0.6 is 23.1 Å². The average molecular weight is 624 g/mol. The van der Waals surface area contributed by atoms with Crippen LogP contribution in [-0.2, 0) is 9.30 Å². The Morgan fingerprint density at radius 3 is 2.52 bits per heavy atom. The predicted octanol–water partition coefficient (Wildman–Crippen LogP) is 5.58. The third-order valence-corrected chi connectivity index (χ3v) is 8.67. The van der Waals surface area contributed by atoms with Crippen molar-refractivity contribution in [2.24, 2.45) is 0 Å². The summed E-state index contributed by atoms with van der Waals surface area (Å²) in [5.41, 5.74) is 5.15. The second kappa shape index (κ2) is 11.9. The number of benzene rings is 2. The van der Waals surface area contributed by atoms with Gasteiger partial charge in [-0.15, -0.1) is 0 Å². The highest BCUT2D eigenvalue weighted by Gasteiger charge is 2.20. The summed E-state index contributed by atoms with van der Waals surface area (Å²) in [6, 6.07) is 9.78. The molecule has 0 saturated carbocycles. The molecule has 2 N–H and O–H groups in total. The lowest BCUT2D eigenvalue weighted by Gasteiger charge is -2.30. The van der Waals surface area contributed by atoms with E-state index in [4.69, 9.17) is 14.5 Å². The minimum Gasteiger partial charge on any atom is -0.495 e. The Balaban J connectivity index is 1.43. The molecule has 40 heavy (non-hydrogen) atoms. The number of anilines is 5. The van der Waals surface area contributed by atoms with Gasteiger partial charge in [0, 0.05) is 54.3 Å². The van der Waals surface area contributed by atoms with E-state index in [-0.39, 0.29) is 0 Å². The maximum absolute atomic E-state index is 13.3. The second-order valence-corrected chi connectivity index (χ2v) is 13.8.